The Hall–Kier alpha value is -1.78. The molecule has 18 heavy (non-hydrogen) atoms. The highest BCUT2D eigenvalue weighted by molar-refractivity contribution is 5.36. The highest BCUT2D eigenvalue weighted by atomic mass is 15.3. The van der Waals surface area contributed by atoms with Crippen LogP contribution in [0.5, 0.6) is 0 Å². The first-order valence-corrected chi connectivity index (χ1v) is 6.42. The van der Waals surface area contributed by atoms with Gasteiger partial charge in [-0.3, -0.25) is 4.68 Å². The molecule has 0 fully saturated rings. The molecule has 0 aromatic carbocycles. The number of anilines is 1. The van der Waals surface area contributed by atoms with Crippen molar-refractivity contribution in [3.63, 3.8) is 0 Å². The highest BCUT2D eigenvalue weighted by Gasteiger charge is 2.07. The van der Waals surface area contributed by atoms with E-state index in [-0.39, 0.29) is 0 Å². The second kappa shape index (κ2) is 5.25. The summed E-state index contributed by atoms with van der Waals surface area (Å²) in [6.07, 6.45) is 3.92. The van der Waals surface area contributed by atoms with Crippen LogP contribution in [-0.4, -0.2) is 19.6 Å². The van der Waals surface area contributed by atoms with E-state index in [1.54, 1.807) is 0 Å². The summed E-state index contributed by atoms with van der Waals surface area (Å²) >= 11 is 0. The van der Waals surface area contributed by atoms with E-state index in [4.69, 9.17) is 0 Å². The molecule has 0 aliphatic carbocycles. The summed E-state index contributed by atoms with van der Waals surface area (Å²) in [5, 5.41) is 12.2. The summed E-state index contributed by atoms with van der Waals surface area (Å²) in [4.78, 5) is 0. The summed E-state index contributed by atoms with van der Waals surface area (Å²) in [5.74, 6) is 1.05. The summed E-state index contributed by atoms with van der Waals surface area (Å²) < 4.78 is 3.95. The van der Waals surface area contributed by atoms with Crippen LogP contribution in [0.2, 0.25) is 0 Å². The van der Waals surface area contributed by atoms with Crippen LogP contribution < -0.4 is 5.32 Å². The van der Waals surface area contributed by atoms with Gasteiger partial charge >= 0.3 is 0 Å². The van der Waals surface area contributed by atoms with Crippen molar-refractivity contribution in [3.05, 3.63) is 29.7 Å². The second-order valence-corrected chi connectivity index (χ2v) is 4.70. The minimum absolute atomic E-state index is 0.363. The third-order valence-corrected chi connectivity index (χ3v) is 2.99. The molecule has 2 aromatic heterocycles. The zero-order valence-corrected chi connectivity index (χ0v) is 11.5. The van der Waals surface area contributed by atoms with Gasteiger partial charge in [0.1, 0.15) is 5.82 Å². The van der Waals surface area contributed by atoms with Crippen molar-refractivity contribution >= 4 is 5.82 Å². The van der Waals surface area contributed by atoms with Crippen LogP contribution in [0.1, 0.15) is 38.1 Å². The summed E-state index contributed by atoms with van der Waals surface area (Å²) in [5.41, 5.74) is 2.31. The van der Waals surface area contributed by atoms with Gasteiger partial charge in [0.05, 0.1) is 11.9 Å². The molecule has 2 aromatic rings. The molecule has 1 N–H and O–H groups in total. The zero-order valence-electron chi connectivity index (χ0n) is 11.5. The quantitative estimate of drug-likeness (QED) is 0.883. The van der Waals surface area contributed by atoms with Gasteiger partial charge in [0.2, 0.25) is 0 Å². The lowest BCUT2D eigenvalue weighted by atomic mass is 10.2. The Bertz CT molecular complexity index is 509. The first-order valence-electron chi connectivity index (χ1n) is 6.42. The van der Waals surface area contributed by atoms with E-state index in [0.29, 0.717) is 6.04 Å². The second-order valence-electron chi connectivity index (χ2n) is 4.70. The lowest BCUT2D eigenvalue weighted by Gasteiger charge is -2.12. The molecule has 0 saturated heterocycles. The molecule has 0 atom stereocenters. The fraction of sp³-hybridized carbons (Fsp3) is 0.538. The molecule has 5 heteroatoms. The molecule has 2 heterocycles. The average Bonchev–Trinajstić information content (AvgIpc) is 2.92. The third kappa shape index (κ3) is 2.55. The Balaban J connectivity index is 2.06. The molecule has 0 unspecified atom stereocenters. The number of hydrogen-bond acceptors (Lipinski definition) is 3. The van der Waals surface area contributed by atoms with Crippen LogP contribution in [0, 0.1) is 6.92 Å². The van der Waals surface area contributed by atoms with Gasteiger partial charge in [-0.2, -0.15) is 10.2 Å². The van der Waals surface area contributed by atoms with Crippen molar-refractivity contribution in [2.45, 2.75) is 46.8 Å². The van der Waals surface area contributed by atoms with Crippen molar-refractivity contribution in [2.24, 2.45) is 0 Å². The van der Waals surface area contributed by atoms with E-state index in [1.807, 2.05) is 28.6 Å². The lowest BCUT2D eigenvalue weighted by Crippen LogP contribution is -2.09. The molecule has 0 aliphatic heterocycles. The van der Waals surface area contributed by atoms with Crippen molar-refractivity contribution in [1.82, 2.24) is 19.6 Å². The normalized spacial score (nSPS) is 11.2. The first kappa shape index (κ1) is 12.7. The number of aryl methyl sites for hydroxylation is 2. The molecule has 0 amide bonds. The van der Waals surface area contributed by atoms with E-state index in [1.165, 1.54) is 5.56 Å². The summed E-state index contributed by atoms with van der Waals surface area (Å²) in [6, 6.07) is 2.36. The van der Waals surface area contributed by atoms with Crippen LogP contribution >= 0.6 is 0 Å². The van der Waals surface area contributed by atoms with E-state index in [2.05, 4.69) is 42.5 Å². The van der Waals surface area contributed by atoms with Crippen molar-refractivity contribution in [1.29, 1.82) is 0 Å². The molecule has 98 valence electrons. The van der Waals surface area contributed by atoms with Gasteiger partial charge in [-0.15, -0.1) is 0 Å². The molecule has 0 bridgehead atoms. The average molecular weight is 247 g/mol. The number of hydrogen-bond donors (Lipinski definition) is 1. The third-order valence-electron chi connectivity index (χ3n) is 2.99. The smallest absolute Gasteiger partial charge is 0.124 e. The van der Waals surface area contributed by atoms with Gasteiger partial charge in [0, 0.05) is 37.0 Å². The summed E-state index contributed by atoms with van der Waals surface area (Å²) in [7, 11) is 0. The van der Waals surface area contributed by atoms with Crippen LogP contribution in [0.15, 0.2) is 18.5 Å². The molecule has 2 rings (SSSR count). The topological polar surface area (TPSA) is 47.7 Å². The maximum atomic E-state index is 4.44. The Morgan fingerprint density at radius 2 is 2.17 bits per heavy atom. The SMILES string of the molecule is CCn1cc(CNc2ccnn2C(C)C)c(C)n1. The number of aromatic nitrogens is 4. The van der Waals surface area contributed by atoms with Crippen LogP contribution in [0.4, 0.5) is 5.82 Å². The van der Waals surface area contributed by atoms with Gasteiger partial charge in [0.15, 0.2) is 0 Å². The van der Waals surface area contributed by atoms with Crippen LogP contribution in [0.3, 0.4) is 0 Å². The van der Waals surface area contributed by atoms with Crippen LogP contribution in [0.25, 0.3) is 0 Å². The maximum absolute atomic E-state index is 4.44. The molecule has 0 spiro atoms. The highest BCUT2D eigenvalue weighted by Crippen LogP contribution is 2.15. The van der Waals surface area contributed by atoms with Crippen molar-refractivity contribution < 1.29 is 0 Å². The molecule has 0 radical (unpaired) electrons. The molecule has 5 nitrogen and oxygen atoms in total. The van der Waals surface area contributed by atoms with Gasteiger partial charge < -0.3 is 5.32 Å². The largest absolute Gasteiger partial charge is 0.366 e. The van der Waals surface area contributed by atoms with E-state index >= 15 is 0 Å². The van der Waals surface area contributed by atoms with Crippen molar-refractivity contribution in [2.75, 3.05) is 5.32 Å². The first-order chi connectivity index (χ1) is 8.61. The molecule has 0 saturated carbocycles. The van der Waals surface area contributed by atoms with E-state index in [0.717, 1.165) is 24.6 Å². The molecular formula is C13H21N5. The fourth-order valence-electron chi connectivity index (χ4n) is 1.95. The van der Waals surface area contributed by atoms with Gasteiger partial charge in [-0.25, -0.2) is 4.68 Å². The Morgan fingerprint density at radius 3 is 2.78 bits per heavy atom. The monoisotopic (exact) mass is 247 g/mol. The maximum Gasteiger partial charge on any atom is 0.124 e. The number of nitrogens with one attached hydrogen (secondary N) is 1. The van der Waals surface area contributed by atoms with Gasteiger partial charge in [-0.1, -0.05) is 0 Å². The minimum atomic E-state index is 0.363. The van der Waals surface area contributed by atoms with Gasteiger partial charge in [-0.05, 0) is 27.7 Å². The predicted molar refractivity (Wildman–Crippen MR) is 72.6 cm³/mol. The lowest BCUT2D eigenvalue weighted by molar-refractivity contribution is 0.537. The Labute approximate surface area is 108 Å². The number of nitrogens with zero attached hydrogens (tertiary/aromatic N) is 4. The van der Waals surface area contributed by atoms with E-state index in [9.17, 15) is 0 Å². The standard InChI is InChI=1S/C13H21N5/c1-5-17-9-12(11(4)16-17)8-14-13-6-7-15-18(13)10(2)3/h6-7,9-10,14H,5,8H2,1-4H3. The Kier molecular flexibility index (Phi) is 3.69. The summed E-state index contributed by atoms with van der Waals surface area (Å²) in [6.45, 7) is 10.1. The number of rotatable bonds is 5. The zero-order chi connectivity index (χ0) is 13.1. The minimum Gasteiger partial charge on any atom is -0.366 e. The van der Waals surface area contributed by atoms with Crippen molar-refractivity contribution in [3.8, 4) is 0 Å². The van der Waals surface area contributed by atoms with Crippen LogP contribution in [-0.2, 0) is 13.1 Å². The molecular weight excluding hydrogens is 226 g/mol. The fourth-order valence-corrected chi connectivity index (χ4v) is 1.95. The molecule has 0 aliphatic rings. The van der Waals surface area contributed by atoms with E-state index < -0.39 is 0 Å². The predicted octanol–water partition coefficient (Wildman–Crippen LogP) is 2.60. The van der Waals surface area contributed by atoms with Gasteiger partial charge in [0.25, 0.3) is 0 Å². The Morgan fingerprint density at radius 1 is 1.39 bits per heavy atom.